The van der Waals surface area contributed by atoms with E-state index in [2.05, 4.69) is 29.2 Å². The Hall–Kier alpha value is -2.86. The van der Waals surface area contributed by atoms with E-state index in [-0.39, 0.29) is 17.7 Å². The summed E-state index contributed by atoms with van der Waals surface area (Å²) < 4.78 is 5.28. The number of amides is 2. The van der Waals surface area contributed by atoms with Crippen molar-refractivity contribution in [1.82, 2.24) is 14.7 Å². The number of furan rings is 1. The first-order chi connectivity index (χ1) is 15.1. The molecule has 0 N–H and O–H groups in total. The zero-order valence-corrected chi connectivity index (χ0v) is 18.2. The molecule has 0 saturated carbocycles. The highest BCUT2D eigenvalue weighted by Gasteiger charge is 2.33. The maximum Gasteiger partial charge on any atom is 0.257 e. The highest BCUT2D eigenvalue weighted by atomic mass is 16.3. The molecule has 31 heavy (non-hydrogen) atoms. The van der Waals surface area contributed by atoms with Gasteiger partial charge < -0.3 is 14.2 Å². The number of piperazine rings is 1. The molecule has 2 aromatic rings. The standard InChI is InChI=1S/C25H31N3O3/c1-20-23(11-18-31-20)25(30)28-13-6-10-22(19-28)24(29)27-16-14-26(15-17-27)12-5-9-21-7-3-2-4-8-21/h2-5,7-9,11,18,22H,6,10,12-17,19H2,1H3. The summed E-state index contributed by atoms with van der Waals surface area (Å²) in [5.41, 5.74) is 1.81. The lowest BCUT2D eigenvalue weighted by Crippen LogP contribution is -2.53. The second-order valence-corrected chi connectivity index (χ2v) is 8.42. The highest BCUT2D eigenvalue weighted by Crippen LogP contribution is 2.22. The lowest BCUT2D eigenvalue weighted by Gasteiger charge is -2.38. The van der Waals surface area contributed by atoms with Gasteiger partial charge in [-0.2, -0.15) is 0 Å². The van der Waals surface area contributed by atoms with Crippen molar-refractivity contribution >= 4 is 17.9 Å². The number of aryl methyl sites for hydroxylation is 1. The summed E-state index contributed by atoms with van der Waals surface area (Å²) in [4.78, 5) is 32.1. The number of rotatable bonds is 5. The van der Waals surface area contributed by atoms with Crippen molar-refractivity contribution in [2.45, 2.75) is 19.8 Å². The maximum absolute atomic E-state index is 13.1. The molecule has 2 amide bonds. The molecule has 0 bridgehead atoms. The number of carbonyl (C=O) groups excluding carboxylic acids is 2. The Labute approximate surface area is 184 Å². The van der Waals surface area contributed by atoms with Gasteiger partial charge in [-0.05, 0) is 31.4 Å². The summed E-state index contributed by atoms with van der Waals surface area (Å²) in [7, 11) is 0. The first-order valence-corrected chi connectivity index (χ1v) is 11.2. The Morgan fingerprint density at radius 3 is 2.52 bits per heavy atom. The maximum atomic E-state index is 13.1. The molecule has 0 radical (unpaired) electrons. The largest absolute Gasteiger partial charge is 0.469 e. The van der Waals surface area contributed by atoms with Gasteiger partial charge >= 0.3 is 0 Å². The Bertz CT molecular complexity index is 913. The van der Waals surface area contributed by atoms with E-state index in [1.807, 2.05) is 28.0 Å². The van der Waals surface area contributed by atoms with Gasteiger partial charge in [0.05, 0.1) is 17.7 Å². The highest BCUT2D eigenvalue weighted by molar-refractivity contribution is 5.95. The predicted octanol–water partition coefficient (Wildman–Crippen LogP) is 3.30. The Morgan fingerprint density at radius 1 is 1.03 bits per heavy atom. The smallest absolute Gasteiger partial charge is 0.257 e. The Balaban J connectivity index is 1.26. The van der Waals surface area contributed by atoms with Crippen LogP contribution < -0.4 is 0 Å². The fourth-order valence-electron chi connectivity index (χ4n) is 4.45. The van der Waals surface area contributed by atoms with Gasteiger partial charge in [-0.15, -0.1) is 0 Å². The number of benzene rings is 1. The lowest BCUT2D eigenvalue weighted by atomic mass is 9.95. The van der Waals surface area contributed by atoms with Gasteiger partial charge in [0.25, 0.3) is 5.91 Å². The first kappa shape index (κ1) is 21.4. The molecule has 4 rings (SSSR count). The van der Waals surface area contributed by atoms with Crippen molar-refractivity contribution in [1.29, 1.82) is 0 Å². The van der Waals surface area contributed by atoms with Crippen molar-refractivity contribution in [2.75, 3.05) is 45.8 Å². The molecule has 1 atom stereocenters. The number of piperidine rings is 1. The average molecular weight is 422 g/mol. The summed E-state index contributed by atoms with van der Waals surface area (Å²) in [6.45, 7) is 7.17. The monoisotopic (exact) mass is 421 g/mol. The molecule has 1 aromatic heterocycles. The molecule has 0 aliphatic carbocycles. The molecule has 1 unspecified atom stereocenters. The number of hydrogen-bond acceptors (Lipinski definition) is 4. The first-order valence-electron chi connectivity index (χ1n) is 11.2. The summed E-state index contributed by atoms with van der Waals surface area (Å²) in [5, 5.41) is 0. The van der Waals surface area contributed by atoms with E-state index >= 15 is 0 Å². The predicted molar refractivity (Wildman–Crippen MR) is 121 cm³/mol. The van der Waals surface area contributed by atoms with Crippen molar-refractivity contribution in [3.8, 4) is 0 Å². The van der Waals surface area contributed by atoms with E-state index in [1.54, 1.807) is 19.3 Å². The van der Waals surface area contributed by atoms with Crippen molar-refractivity contribution < 1.29 is 14.0 Å². The molecule has 2 aliphatic heterocycles. The van der Waals surface area contributed by atoms with Crippen LogP contribution in [0, 0.1) is 12.8 Å². The topological polar surface area (TPSA) is 57.0 Å². The van der Waals surface area contributed by atoms with Crippen LogP contribution in [-0.4, -0.2) is 72.3 Å². The van der Waals surface area contributed by atoms with Gasteiger partial charge in [0.2, 0.25) is 5.91 Å². The number of hydrogen-bond donors (Lipinski definition) is 0. The normalized spacial score (nSPS) is 20.4. The van der Waals surface area contributed by atoms with Crippen molar-refractivity contribution in [2.24, 2.45) is 5.92 Å². The van der Waals surface area contributed by atoms with E-state index in [1.165, 1.54) is 5.56 Å². The van der Waals surface area contributed by atoms with Gasteiger partial charge in [-0.1, -0.05) is 42.5 Å². The molecule has 6 nitrogen and oxygen atoms in total. The molecular weight excluding hydrogens is 390 g/mol. The van der Waals surface area contributed by atoms with Gasteiger partial charge in [-0.25, -0.2) is 0 Å². The second-order valence-electron chi connectivity index (χ2n) is 8.42. The number of likely N-dealkylation sites (tertiary alicyclic amines) is 1. The SMILES string of the molecule is Cc1occc1C(=O)N1CCCC(C(=O)N2CCN(CC=Cc3ccccc3)CC2)C1. The minimum Gasteiger partial charge on any atom is -0.469 e. The minimum absolute atomic E-state index is 0.0289. The van der Waals surface area contributed by atoms with Crippen LogP contribution in [0.5, 0.6) is 0 Å². The molecule has 0 spiro atoms. The third-order valence-electron chi connectivity index (χ3n) is 6.30. The van der Waals surface area contributed by atoms with Crippen LogP contribution in [-0.2, 0) is 4.79 Å². The third kappa shape index (κ3) is 5.25. The molecule has 3 heterocycles. The van der Waals surface area contributed by atoms with Crippen molar-refractivity contribution in [3.63, 3.8) is 0 Å². The zero-order valence-electron chi connectivity index (χ0n) is 18.2. The molecule has 2 aliphatic rings. The van der Waals surface area contributed by atoms with Crippen LogP contribution in [0.2, 0.25) is 0 Å². The molecule has 164 valence electrons. The molecule has 2 saturated heterocycles. The van der Waals surface area contributed by atoms with Crippen LogP contribution in [0.1, 0.15) is 34.5 Å². The number of nitrogens with zero attached hydrogens (tertiary/aromatic N) is 3. The average Bonchev–Trinajstić information content (AvgIpc) is 3.25. The molecule has 1 aromatic carbocycles. The van der Waals surface area contributed by atoms with Crippen molar-refractivity contribution in [3.05, 3.63) is 65.6 Å². The molecular formula is C25H31N3O3. The minimum atomic E-state index is -0.102. The Morgan fingerprint density at radius 2 is 1.81 bits per heavy atom. The van der Waals surface area contributed by atoms with E-state index in [0.29, 0.717) is 24.4 Å². The third-order valence-corrected chi connectivity index (χ3v) is 6.30. The van der Waals surface area contributed by atoms with Gasteiger partial charge in [0, 0.05) is 45.8 Å². The fraction of sp³-hybridized carbons (Fsp3) is 0.440. The van der Waals surface area contributed by atoms with Gasteiger partial charge in [-0.3, -0.25) is 14.5 Å². The number of carbonyl (C=O) groups is 2. The Kier molecular flexibility index (Phi) is 6.87. The molecule has 6 heteroatoms. The van der Waals surface area contributed by atoms with E-state index in [0.717, 1.165) is 45.6 Å². The van der Waals surface area contributed by atoms with Crippen LogP contribution >= 0.6 is 0 Å². The van der Waals surface area contributed by atoms with Gasteiger partial charge in [0.15, 0.2) is 0 Å². The second kappa shape index (κ2) is 9.96. The van der Waals surface area contributed by atoms with E-state index < -0.39 is 0 Å². The lowest BCUT2D eigenvalue weighted by molar-refractivity contribution is -0.138. The quantitative estimate of drug-likeness (QED) is 0.743. The van der Waals surface area contributed by atoms with Gasteiger partial charge in [0.1, 0.15) is 5.76 Å². The van der Waals surface area contributed by atoms with E-state index in [9.17, 15) is 9.59 Å². The summed E-state index contributed by atoms with van der Waals surface area (Å²) in [6, 6.07) is 12.0. The van der Waals surface area contributed by atoms with Crippen LogP contribution in [0.3, 0.4) is 0 Å². The summed E-state index contributed by atoms with van der Waals surface area (Å²) in [6.07, 6.45) is 7.60. The van der Waals surface area contributed by atoms with Crippen LogP contribution in [0.4, 0.5) is 0 Å². The van der Waals surface area contributed by atoms with Crippen LogP contribution in [0.25, 0.3) is 6.08 Å². The fourth-order valence-corrected chi connectivity index (χ4v) is 4.45. The summed E-state index contributed by atoms with van der Waals surface area (Å²) in [5.74, 6) is 0.699. The molecule has 2 fully saturated rings. The zero-order chi connectivity index (χ0) is 21.6. The summed E-state index contributed by atoms with van der Waals surface area (Å²) >= 11 is 0. The van der Waals surface area contributed by atoms with Crippen LogP contribution in [0.15, 0.2) is 53.2 Å². The van der Waals surface area contributed by atoms with E-state index in [4.69, 9.17) is 4.42 Å².